The lowest BCUT2D eigenvalue weighted by atomic mass is 10.5. The number of hydrogen-bond acceptors (Lipinski definition) is 5. The zero-order chi connectivity index (χ0) is 9.68. The standard InChI is InChI=1S/C8H12N2O3/c1-3-12-8(11)5-9-7-4-6(2)13-10-7/h4H,3,5H2,1-2H3,(H,9,10). The topological polar surface area (TPSA) is 64.4 Å². The zero-order valence-electron chi connectivity index (χ0n) is 7.66. The summed E-state index contributed by atoms with van der Waals surface area (Å²) in [5.41, 5.74) is 0. The molecule has 0 fully saturated rings. The summed E-state index contributed by atoms with van der Waals surface area (Å²) in [7, 11) is 0. The lowest BCUT2D eigenvalue weighted by molar-refractivity contribution is -0.140. The summed E-state index contributed by atoms with van der Waals surface area (Å²) >= 11 is 0. The molecule has 0 atom stereocenters. The molecule has 0 radical (unpaired) electrons. The van der Waals surface area contributed by atoms with Gasteiger partial charge in [-0.15, -0.1) is 0 Å². The maximum Gasteiger partial charge on any atom is 0.325 e. The normalized spacial score (nSPS) is 9.69. The number of nitrogens with zero attached hydrogens (tertiary/aromatic N) is 1. The fraction of sp³-hybridized carbons (Fsp3) is 0.500. The highest BCUT2D eigenvalue weighted by Crippen LogP contribution is 2.05. The highest BCUT2D eigenvalue weighted by atomic mass is 16.5. The van der Waals surface area contributed by atoms with E-state index < -0.39 is 0 Å². The lowest BCUT2D eigenvalue weighted by Crippen LogP contribution is -2.16. The van der Waals surface area contributed by atoms with Gasteiger partial charge in [0, 0.05) is 6.07 Å². The molecule has 0 saturated carbocycles. The maximum atomic E-state index is 10.9. The Labute approximate surface area is 76.0 Å². The van der Waals surface area contributed by atoms with Gasteiger partial charge < -0.3 is 14.6 Å². The Hall–Kier alpha value is -1.52. The molecule has 0 aromatic carbocycles. The molecule has 0 unspecified atom stereocenters. The van der Waals surface area contributed by atoms with Gasteiger partial charge >= 0.3 is 5.97 Å². The van der Waals surface area contributed by atoms with Gasteiger partial charge in [0.2, 0.25) is 0 Å². The Morgan fingerprint density at radius 3 is 3.08 bits per heavy atom. The molecule has 5 nitrogen and oxygen atoms in total. The van der Waals surface area contributed by atoms with Gasteiger partial charge in [0.25, 0.3) is 0 Å². The molecule has 13 heavy (non-hydrogen) atoms. The number of anilines is 1. The average Bonchev–Trinajstić information content (AvgIpc) is 2.49. The summed E-state index contributed by atoms with van der Waals surface area (Å²) in [4.78, 5) is 10.9. The van der Waals surface area contributed by atoms with Gasteiger partial charge in [0.1, 0.15) is 12.3 Å². The van der Waals surface area contributed by atoms with E-state index in [1.165, 1.54) is 0 Å². The highest BCUT2D eigenvalue weighted by molar-refractivity contribution is 5.74. The number of aryl methyl sites for hydroxylation is 1. The summed E-state index contributed by atoms with van der Waals surface area (Å²) in [5.74, 6) is 0.945. The molecule has 0 amide bonds. The van der Waals surface area contributed by atoms with Crippen molar-refractivity contribution in [3.8, 4) is 0 Å². The van der Waals surface area contributed by atoms with Crippen LogP contribution in [0.25, 0.3) is 0 Å². The van der Waals surface area contributed by atoms with Crippen molar-refractivity contribution >= 4 is 11.8 Å². The van der Waals surface area contributed by atoms with Crippen LogP contribution in [0.4, 0.5) is 5.82 Å². The van der Waals surface area contributed by atoms with Gasteiger partial charge in [-0.05, 0) is 13.8 Å². The molecule has 72 valence electrons. The second-order valence-corrected chi connectivity index (χ2v) is 2.48. The molecular weight excluding hydrogens is 172 g/mol. The number of hydrogen-bond donors (Lipinski definition) is 1. The van der Waals surface area contributed by atoms with Crippen molar-refractivity contribution in [2.45, 2.75) is 13.8 Å². The Balaban J connectivity index is 2.30. The van der Waals surface area contributed by atoms with Gasteiger partial charge in [0.15, 0.2) is 5.82 Å². The van der Waals surface area contributed by atoms with E-state index >= 15 is 0 Å². The Kier molecular flexibility index (Phi) is 3.31. The van der Waals surface area contributed by atoms with E-state index in [9.17, 15) is 4.79 Å². The van der Waals surface area contributed by atoms with E-state index in [1.807, 2.05) is 0 Å². The largest absolute Gasteiger partial charge is 0.465 e. The van der Waals surface area contributed by atoms with Crippen LogP contribution in [0.3, 0.4) is 0 Å². The molecule has 0 aliphatic carbocycles. The second kappa shape index (κ2) is 4.49. The molecule has 0 bridgehead atoms. The van der Waals surface area contributed by atoms with E-state index in [1.54, 1.807) is 19.9 Å². The van der Waals surface area contributed by atoms with Crippen molar-refractivity contribution in [3.63, 3.8) is 0 Å². The molecule has 0 aliphatic heterocycles. The molecule has 1 rings (SSSR count). The Bertz CT molecular complexity index is 283. The van der Waals surface area contributed by atoms with Crippen molar-refractivity contribution in [2.24, 2.45) is 0 Å². The average molecular weight is 184 g/mol. The third kappa shape index (κ3) is 3.14. The first-order valence-corrected chi connectivity index (χ1v) is 4.05. The van der Waals surface area contributed by atoms with Crippen LogP contribution in [-0.4, -0.2) is 24.3 Å². The predicted octanol–water partition coefficient (Wildman–Crippen LogP) is 0.958. The second-order valence-electron chi connectivity index (χ2n) is 2.48. The van der Waals surface area contributed by atoms with Gasteiger partial charge in [0.05, 0.1) is 6.61 Å². The summed E-state index contributed by atoms with van der Waals surface area (Å²) in [6, 6.07) is 1.71. The first-order chi connectivity index (χ1) is 6.22. The minimum atomic E-state index is -0.303. The number of aromatic nitrogens is 1. The molecular formula is C8H12N2O3. The monoisotopic (exact) mass is 184 g/mol. The van der Waals surface area contributed by atoms with Crippen LogP contribution in [0, 0.1) is 6.92 Å². The summed E-state index contributed by atoms with van der Waals surface area (Å²) in [5, 5.41) is 6.42. The van der Waals surface area contributed by atoms with E-state index in [-0.39, 0.29) is 12.5 Å². The van der Waals surface area contributed by atoms with Crippen molar-refractivity contribution in [3.05, 3.63) is 11.8 Å². The number of carbonyl (C=O) groups is 1. The highest BCUT2D eigenvalue weighted by Gasteiger charge is 2.03. The van der Waals surface area contributed by atoms with Crippen LogP contribution < -0.4 is 5.32 Å². The number of carbonyl (C=O) groups excluding carboxylic acids is 1. The number of esters is 1. The number of rotatable bonds is 4. The minimum Gasteiger partial charge on any atom is -0.465 e. The summed E-state index contributed by atoms with van der Waals surface area (Å²) in [6.45, 7) is 4.04. The fourth-order valence-corrected chi connectivity index (χ4v) is 0.824. The SMILES string of the molecule is CCOC(=O)CNc1cc(C)on1. The molecule has 0 saturated heterocycles. The van der Waals surface area contributed by atoms with Crippen molar-refractivity contribution < 1.29 is 14.1 Å². The van der Waals surface area contributed by atoms with E-state index in [4.69, 9.17) is 9.26 Å². The molecule has 1 aromatic heterocycles. The van der Waals surface area contributed by atoms with Crippen LogP contribution in [0.1, 0.15) is 12.7 Å². The fourth-order valence-electron chi connectivity index (χ4n) is 0.824. The first kappa shape index (κ1) is 9.57. The number of nitrogens with one attached hydrogen (secondary N) is 1. The van der Waals surface area contributed by atoms with Crippen LogP contribution >= 0.6 is 0 Å². The van der Waals surface area contributed by atoms with Gasteiger partial charge in [-0.1, -0.05) is 5.16 Å². The molecule has 1 heterocycles. The zero-order valence-corrected chi connectivity index (χ0v) is 7.66. The van der Waals surface area contributed by atoms with Gasteiger partial charge in [-0.25, -0.2) is 0 Å². The summed E-state index contributed by atoms with van der Waals surface area (Å²) in [6.07, 6.45) is 0. The molecule has 5 heteroatoms. The Morgan fingerprint density at radius 2 is 2.54 bits per heavy atom. The van der Waals surface area contributed by atoms with E-state index in [2.05, 4.69) is 10.5 Å². The third-order valence-electron chi connectivity index (χ3n) is 1.35. The minimum absolute atomic E-state index is 0.111. The lowest BCUT2D eigenvalue weighted by Gasteiger charge is -2.01. The van der Waals surface area contributed by atoms with Crippen LogP contribution in [-0.2, 0) is 9.53 Å². The Morgan fingerprint density at radius 1 is 1.77 bits per heavy atom. The van der Waals surface area contributed by atoms with Crippen LogP contribution in [0.5, 0.6) is 0 Å². The summed E-state index contributed by atoms with van der Waals surface area (Å²) < 4.78 is 9.50. The maximum absolute atomic E-state index is 10.9. The molecule has 0 spiro atoms. The van der Waals surface area contributed by atoms with E-state index in [0.717, 1.165) is 0 Å². The van der Waals surface area contributed by atoms with Crippen molar-refractivity contribution in [2.75, 3.05) is 18.5 Å². The quantitative estimate of drug-likeness (QED) is 0.706. The third-order valence-corrected chi connectivity index (χ3v) is 1.35. The van der Waals surface area contributed by atoms with Gasteiger partial charge in [-0.2, -0.15) is 0 Å². The molecule has 1 aromatic rings. The van der Waals surface area contributed by atoms with Crippen LogP contribution in [0.2, 0.25) is 0 Å². The van der Waals surface area contributed by atoms with Crippen LogP contribution in [0.15, 0.2) is 10.6 Å². The van der Waals surface area contributed by atoms with E-state index in [0.29, 0.717) is 18.2 Å². The van der Waals surface area contributed by atoms with Crippen molar-refractivity contribution in [1.29, 1.82) is 0 Å². The van der Waals surface area contributed by atoms with Gasteiger partial charge in [-0.3, -0.25) is 4.79 Å². The smallest absolute Gasteiger partial charge is 0.325 e. The number of ether oxygens (including phenoxy) is 1. The predicted molar refractivity (Wildman–Crippen MR) is 46.4 cm³/mol. The first-order valence-electron chi connectivity index (χ1n) is 4.05. The molecule has 1 N–H and O–H groups in total. The molecule has 0 aliphatic rings. The van der Waals surface area contributed by atoms with Crippen molar-refractivity contribution in [1.82, 2.24) is 5.16 Å².